The van der Waals surface area contributed by atoms with E-state index in [4.69, 9.17) is 0 Å². The first-order chi connectivity index (χ1) is 7.45. The highest BCUT2D eigenvalue weighted by Crippen LogP contribution is 2.31. The van der Waals surface area contributed by atoms with Crippen molar-refractivity contribution in [1.82, 2.24) is 9.55 Å². The van der Waals surface area contributed by atoms with E-state index in [1.54, 1.807) is 12.1 Å². The van der Waals surface area contributed by atoms with Crippen LogP contribution in [0.2, 0.25) is 0 Å². The number of hydrogen-bond acceptors (Lipinski definition) is 1. The van der Waals surface area contributed by atoms with Gasteiger partial charge in [0.15, 0.2) is 0 Å². The van der Waals surface area contributed by atoms with Gasteiger partial charge in [0.1, 0.15) is 0 Å². The number of hydrogen-bond donors (Lipinski definition) is 0. The third kappa shape index (κ3) is 1.56. The molecule has 2 rings (SSSR count). The minimum absolute atomic E-state index is 0.397. The van der Waals surface area contributed by atoms with Crippen LogP contribution in [-0.4, -0.2) is 9.55 Å². The van der Waals surface area contributed by atoms with E-state index in [1.165, 1.54) is 7.05 Å². The number of para-hydroxylation sites is 1. The summed E-state index contributed by atoms with van der Waals surface area (Å²) in [6, 6.07) is 5.15. The van der Waals surface area contributed by atoms with Crippen molar-refractivity contribution in [3.05, 3.63) is 29.6 Å². The number of rotatable bonds is 1. The highest BCUT2D eigenvalue weighted by atomic mass is 19.4. The van der Waals surface area contributed by atoms with Gasteiger partial charge in [0.25, 0.3) is 0 Å². The zero-order valence-corrected chi connectivity index (χ0v) is 8.97. The second-order valence-corrected chi connectivity index (χ2v) is 3.63. The fourth-order valence-corrected chi connectivity index (χ4v) is 1.89. The van der Waals surface area contributed by atoms with Crippen molar-refractivity contribution in [2.24, 2.45) is 7.05 Å². The van der Waals surface area contributed by atoms with Crippen LogP contribution >= 0.6 is 0 Å². The first-order valence-corrected chi connectivity index (χ1v) is 4.96. The zero-order chi connectivity index (χ0) is 11.9. The summed E-state index contributed by atoms with van der Waals surface area (Å²) in [5, 5.41) is 0. The number of aryl methyl sites for hydroxylation is 2. The van der Waals surface area contributed by atoms with Gasteiger partial charge in [-0.05, 0) is 18.1 Å². The van der Waals surface area contributed by atoms with Gasteiger partial charge in [-0.25, -0.2) is 4.98 Å². The van der Waals surface area contributed by atoms with Gasteiger partial charge < -0.3 is 4.57 Å². The maximum atomic E-state index is 12.6. The van der Waals surface area contributed by atoms with Gasteiger partial charge in [-0.1, -0.05) is 19.1 Å². The Kier molecular flexibility index (Phi) is 2.40. The van der Waals surface area contributed by atoms with Gasteiger partial charge in [0.05, 0.1) is 11.0 Å². The summed E-state index contributed by atoms with van der Waals surface area (Å²) in [5.74, 6) is -0.844. The SMILES string of the molecule is CCc1cccc2nc(C(F)(F)F)n(C)c12. The number of imidazole rings is 1. The molecule has 0 spiro atoms. The summed E-state index contributed by atoms with van der Waals surface area (Å²) in [6.07, 6.45) is -3.72. The molecule has 0 aliphatic carbocycles. The van der Waals surface area contributed by atoms with Crippen molar-refractivity contribution in [2.75, 3.05) is 0 Å². The molecule has 1 aromatic heterocycles. The second-order valence-electron chi connectivity index (χ2n) is 3.63. The van der Waals surface area contributed by atoms with Crippen LogP contribution in [0.3, 0.4) is 0 Å². The highest BCUT2D eigenvalue weighted by molar-refractivity contribution is 5.79. The normalized spacial score (nSPS) is 12.3. The first kappa shape index (κ1) is 11.0. The molecule has 0 aliphatic heterocycles. The molecular formula is C11H11F3N2. The largest absolute Gasteiger partial charge is 0.449 e. The molecule has 0 amide bonds. The highest BCUT2D eigenvalue weighted by Gasteiger charge is 2.36. The smallest absolute Gasteiger partial charge is 0.323 e. The summed E-state index contributed by atoms with van der Waals surface area (Å²) in [5.41, 5.74) is 1.84. The molecule has 5 heteroatoms. The van der Waals surface area contributed by atoms with Crippen molar-refractivity contribution >= 4 is 11.0 Å². The molecule has 0 bridgehead atoms. The molecule has 16 heavy (non-hydrogen) atoms. The summed E-state index contributed by atoms with van der Waals surface area (Å²) in [6.45, 7) is 1.91. The van der Waals surface area contributed by atoms with E-state index in [0.29, 0.717) is 17.5 Å². The first-order valence-electron chi connectivity index (χ1n) is 4.96. The molecule has 0 fully saturated rings. The fraction of sp³-hybridized carbons (Fsp3) is 0.364. The number of nitrogens with zero attached hydrogens (tertiary/aromatic N) is 2. The van der Waals surface area contributed by atoms with Gasteiger partial charge in [-0.3, -0.25) is 0 Å². The lowest BCUT2D eigenvalue weighted by Gasteiger charge is -2.07. The predicted octanol–water partition coefficient (Wildman–Crippen LogP) is 3.15. The minimum atomic E-state index is -4.40. The van der Waals surface area contributed by atoms with Gasteiger partial charge >= 0.3 is 6.18 Å². The molecule has 1 heterocycles. The summed E-state index contributed by atoms with van der Waals surface area (Å²) >= 11 is 0. The Morgan fingerprint density at radius 2 is 2.00 bits per heavy atom. The van der Waals surface area contributed by atoms with Crippen LogP contribution in [0.1, 0.15) is 18.3 Å². The van der Waals surface area contributed by atoms with E-state index in [-0.39, 0.29) is 0 Å². The van der Waals surface area contributed by atoms with Crippen molar-refractivity contribution in [2.45, 2.75) is 19.5 Å². The maximum absolute atomic E-state index is 12.6. The van der Waals surface area contributed by atoms with Crippen LogP contribution in [0.4, 0.5) is 13.2 Å². The number of benzene rings is 1. The lowest BCUT2D eigenvalue weighted by Crippen LogP contribution is -2.12. The predicted molar refractivity (Wildman–Crippen MR) is 55.1 cm³/mol. The third-order valence-corrected chi connectivity index (χ3v) is 2.61. The molecule has 0 N–H and O–H groups in total. The Morgan fingerprint density at radius 3 is 2.56 bits per heavy atom. The van der Waals surface area contributed by atoms with Crippen LogP contribution in [-0.2, 0) is 19.6 Å². The molecule has 1 aromatic carbocycles. The molecule has 2 nitrogen and oxygen atoms in total. The Hall–Kier alpha value is -1.52. The average Bonchev–Trinajstić information content (AvgIpc) is 2.56. The average molecular weight is 228 g/mol. The lowest BCUT2D eigenvalue weighted by atomic mass is 10.1. The van der Waals surface area contributed by atoms with Crippen LogP contribution in [0.5, 0.6) is 0 Å². The quantitative estimate of drug-likeness (QED) is 0.733. The molecule has 0 atom stereocenters. The zero-order valence-electron chi connectivity index (χ0n) is 8.97. The van der Waals surface area contributed by atoms with Crippen molar-refractivity contribution < 1.29 is 13.2 Å². The summed E-state index contributed by atoms with van der Waals surface area (Å²) in [4.78, 5) is 3.63. The van der Waals surface area contributed by atoms with Crippen LogP contribution < -0.4 is 0 Å². The van der Waals surface area contributed by atoms with Gasteiger partial charge in [-0.15, -0.1) is 0 Å². The van der Waals surface area contributed by atoms with Crippen LogP contribution in [0.15, 0.2) is 18.2 Å². The minimum Gasteiger partial charge on any atom is -0.323 e. The topological polar surface area (TPSA) is 17.8 Å². The summed E-state index contributed by atoms with van der Waals surface area (Å²) in [7, 11) is 1.40. The monoisotopic (exact) mass is 228 g/mol. The third-order valence-electron chi connectivity index (χ3n) is 2.61. The van der Waals surface area contributed by atoms with Crippen molar-refractivity contribution in [3.63, 3.8) is 0 Å². The molecule has 0 unspecified atom stereocenters. The van der Waals surface area contributed by atoms with Crippen molar-refractivity contribution in [3.8, 4) is 0 Å². The maximum Gasteiger partial charge on any atom is 0.449 e. The van der Waals surface area contributed by atoms with E-state index in [2.05, 4.69) is 4.98 Å². The van der Waals surface area contributed by atoms with Crippen LogP contribution in [0, 0.1) is 0 Å². The Labute approximate surface area is 90.7 Å². The summed E-state index contributed by atoms with van der Waals surface area (Å²) < 4.78 is 39.0. The lowest BCUT2D eigenvalue weighted by molar-refractivity contribution is -0.146. The van der Waals surface area contributed by atoms with Gasteiger partial charge in [-0.2, -0.15) is 13.2 Å². The van der Waals surface area contributed by atoms with Gasteiger partial charge in [0.2, 0.25) is 5.82 Å². The number of fused-ring (bicyclic) bond motifs is 1. The second kappa shape index (κ2) is 3.50. The van der Waals surface area contributed by atoms with E-state index in [9.17, 15) is 13.2 Å². The molecule has 0 saturated heterocycles. The fourth-order valence-electron chi connectivity index (χ4n) is 1.89. The standard InChI is InChI=1S/C11H11F3N2/c1-3-7-5-4-6-8-9(7)16(2)10(15-8)11(12,13)14/h4-6H,3H2,1-2H3. The van der Waals surface area contributed by atoms with E-state index in [1.807, 2.05) is 13.0 Å². The Bertz CT molecular complexity index is 526. The number of halogens is 3. The molecule has 0 aliphatic rings. The van der Waals surface area contributed by atoms with Gasteiger partial charge in [0, 0.05) is 7.05 Å². The van der Waals surface area contributed by atoms with E-state index < -0.39 is 12.0 Å². The molecular weight excluding hydrogens is 217 g/mol. The molecule has 0 saturated carbocycles. The number of alkyl halides is 3. The molecule has 86 valence electrons. The Morgan fingerprint density at radius 1 is 1.31 bits per heavy atom. The molecule has 0 radical (unpaired) electrons. The van der Waals surface area contributed by atoms with Crippen LogP contribution in [0.25, 0.3) is 11.0 Å². The van der Waals surface area contributed by atoms with E-state index in [0.717, 1.165) is 10.1 Å². The number of aromatic nitrogens is 2. The Balaban J connectivity index is 2.79. The molecule has 2 aromatic rings. The van der Waals surface area contributed by atoms with E-state index >= 15 is 0 Å². The van der Waals surface area contributed by atoms with Crippen molar-refractivity contribution in [1.29, 1.82) is 0 Å².